The van der Waals surface area contributed by atoms with Gasteiger partial charge < -0.3 is 15.8 Å². The van der Waals surface area contributed by atoms with Crippen molar-refractivity contribution in [2.45, 2.75) is 13.5 Å². The molecule has 0 aliphatic heterocycles. The van der Waals surface area contributed by atoms with E-state index in [4.69, 9.17) is 10.5 Å². The van der Waals surface area contributed by atoms with Gasteiger partial charge in [-0.25, -0.2) is 4.98 Å². The van der Waals surface area contributed by atoms with Crippen molar-refractivity contribution in [2.24, 2.45) is 0 Å². The van der Waals surface area contributed by atoms with Crippen molar-refractivity contribution in [3.8, 4) is 5.88 Å². The van der Waals surface area contributed by atoms with Gasteiger partial charge in [-0.1, -0.05) is 0 Å². The van der Waals surface area contributed by atoms with Gasteiger partial charge in [-0.15, -0.1) is 0 Å². The van der Waals surface area contributed by atoms with Crippen molar-refractivity contribution >= 4 is 11.6 Å². The molecule has 0 fully saturated rings. The third-order valence-electron chi connectivity index (χ3n) is 2.20. The van der Waals surface area contributed by atoms with Crippen molar-refractivity contribution in [2.75, 3.05) is 24.2 Å². The Bertz CT molecular complexity index is 498. The second kappa shape index (κ2) is 5.85. The molecule has 18 heavy (non-hydrogen) atoms. The molecule has 96 valence electrons. The average Bonchev–Trinajstić information content (AvgIpc) is 2.76. The first kappa shape index (κ1) is 12.2. The lowest BCUT2D eigenvalue weighted by molar-refractivity contribution is 0.326. The van der Waals surface area contributed by atoms with Crippen molar-refractivity contribution in [1.82, 2.24) is 19.7 Å². The molecule has 0 aliphatic carbocycles. The lowest BCUT2D eigenvalue weighted by Gasteiger charge is -2.06. The summed E-state index contributed by atoms with van der Waals surface area (Å²) in [6, 6.07) is 1.73. The van der Waals surface area contributed by atoms with Gasteiger partial charge in [0.15, 0.2) is 0 Å². The summed E-state index contributed by atoms with van der Waals surface area (Å²) in [6.07, 6.45) is 5.05. The predicted octanol–water partition coefficient (Wildman–Crippen LogP) is 0.766. The molecule has 0 unspecified atom stereocenters. The Labute approximate surface area is 105 Å². The van der Waals surface area contributed by atoms with Gasteiger partial charge in [0.2, 0.25) is 11.8 Å². The van der Waals surface area contributed by atoms with E-state index in [1.165, 1.54) is 0 Å². The predicted molar refractivity (Wildman–Crippen MR) is 68.3 cm³/mol. The Morgan fingerprint density at radius 2 is 2.39 bits per heavy atom. The molecule has 2 aromatic rings. The highest BCUT2D eigenvalue weighted by atomic mass is 16.5. The molecule has 0 saturated carbocycles. The molecule has 0 atom stereocenters. The van der Waals surface area contributed by atoms with Gasteiger partial charge in [-0.2, -0.15) is 10.1 Å². The van der Waals surface area contributed by atoms with Gasteiger partial charge in [-0.3, -0.25) is 4.68 Å². The van der Waals surface area contributed by atoms with Crippen LogP contribution in [-0.4, -0.2) is 32.9 Å². The van der Waals surface area contributed by atoms with Crippen LogP contribution in [0.4, 0.5) is 11.6 Å². The maximum Gasteiger partial charge on any atom is 0.226 e. The topological polar surface area (TPSA) is 90.9 Å². The lowest BCUT2D eigenvalue weighted by atomic mass is 10.5. The van der Waals surface area contributed by atoms with Crippen LogP contribution < -0.4 is 15.8 Å². The zero-order valence-corrected chi connectivity index (χ0v) is 10.2. The van der Waals surface area contributed by atoms with Gasteiger partial charge >= 0.3 is 0 Å². The summed E-state index contributed by atoms with van der Waals surface area (Å²) in [5.41, 5.74) is 6.23. The van der Waals surface area contributed by atoms with Gasteiger partial charge in [0.25, 0.3) is 0 Å². The van der Waals surface area contributed by atoms with E-state index in [0.29, 0.717) is 37.2 Å². The van der Waals surface area contributed by atoms with Crippen LogP contribution in [0.5, 0.6) is 5.88 Å². The standard InChI is InChI=1S/C11H16N6O/c1-2-18-10-3-4-13-11(16-10)14-5-6-17-8-9(12)7-15-17/h3-4,7-8H,2,5-6,12H2,1H3,(H,13,14,16). The number of rotatable bonds is 6. The first-order valence-electron chi connectivity index (χ1n) is 5.75. The molecule has 3 N–H and O–H groups in total. The molecule has 0 bridgehead atoms. The average molecular weight is 248 g/mol. The van der Waals surface area contributed by atoms with Crippen LogP contribution in [0.2, 0.25) is 0 Å². The lowest BCUT2D eigenvalue weighted by Crippen LogP contribution is -2.12. The molecular weight excluding hydrogens is 232 g/mol. The zero-order valence-electron chi connectivity index (χ0n) is 10.2. The highest BCUT2D eigenvalue weighted by Gasteiger charge is 1.99. The van der Waals surface area contributed by atoms with Gasteiger partial charge in [0, 0.05) is 25.0 Å². The second-order valence-electron chi connectivity index (χ2n) is 3.62. The van der Waals surface area contributed by atoms with Crippen LogP contribution in [-0.2, 0) is 6.54 Å². The van der Waals surface area contributed by atoms with Crippen molar-refractivity contribution in [3.05, 3.63) is 24.7 Å². The van der Waals surface area contributed by atoms with Crippen LogP contribution in [0.1, 0.15) is 6.92 Å². The Morgan fingerprint density at radius 3 is 3.11 bits per heavy atom. The van der Waals surface area contributed by atoms with E-state index in [0.717, 1.165) is 0 Å². The quantitative estimate of drug-likeness (QED) is 0.784. The Hall–Kier alpha value is -2.31. The molecule has 2 heterocycles. The molecule has 2 rings (SSSR count). The summed E-state index contributed by atoms with van der Waals surface area (Å²) in [6.45, 7) is 3.86. The smallest absolute Gasteiger partial charge is 0.226 e. The summed E-state index contributed by atoms with van der Waals surface area (Å²) in [5.74, 6) is 1.11. The van der Waals surface area contributed by atoms with E-state index in [2.05, 4.69) is 20.4 Å². The maximum atomic E-state index is 5.57. The van der Waals surface area contributed by atoms with Crippen LogP contribution >= 0.6 is 0 Å². The molecule has 0 spiro atoms. The van der Waals surface area contributed by atoms with Crippen LogP contribution in [0.15, 0.2) is 24.7 Å². The fourth-order valence-electron chi connectivity index (χ4n) is 1.44. The SMILES string of the molecule is CCOc1ccnc(NCCn2cc(N)cn2)n1. The van der Waals surface area contributed by atoms with E-state index < -0.39 is 0 Å². The van der Waals surface area contributed by atoms with E-state index in [1.807, 2.05) is 6.92 Å². The number of anilines is 2. The Balaban J connectivity index is 1.84. The number of nitrogen functional groups attached to an aromatic ring is 1. The minimum Gasteiger partial charge on any atom is -0.478 e. The third-order valence-corrected chi connectivity index (χ3v) is 2.20. The number of hydrogen-bond acceptors (Lipinski definition) is 6. The Kier molecular flexibility index (Phi) is 3.95. The van der Waals surface area contributed by atoms with E-state index >= 15 is 0 Å². The van der Waals surface area contributed by atoms with E-state index in [9.17, 15) is 0 Å². The van der Waals surface area contributed by atoms with Crippen LogP contribution in [0.25, 0.3) is 0 Å². The monoisotopic (exact) mass is 248 g/mol. The first-order chi connectivity index (χ1) is 8.78. The minimum atomic E-state index is 0.543. The van der Waals surface area contributed by atoms with Crippen molar-refractivity contribution in [1.29, 1.82) is 0 Å². The largest absolute Gasteiger partial charge is 0.478 e. The fourth-order valence-corrected chi connectivity index (χ4v) is 1.44. The molecule has 0 aliphatic rings. The summed E-state index contributed by atoms with van der Waals surface area (Å²) in [5, 5.41) is 7.18. The van der Waals surface area contributed by atoms with Crippen molar-refractivity contribution in [3.63, 3.8) is 0 Å². The van der Waals surface area contributed by atoms with Crippen LogP contribution in [0, 0.1) is 0 Å². The number of aromatic nitrogens is 4. The normalized spacial score (nSPS) is 10.3. The fraction of sp³-hybridized carbons (Fsp3) is 0.364. The molecule has 0 aromatic carbocycles. The van der Waals surface area contributed by atoms with Gasteiger partial charge in [0.05, 0.1) is 25.0 Å². The number of hydrogen-bond donors (Lipinski definition) is 2. The molecule has 7 heteroatoms. The van der Waals surface area contributed by atoms with Gasteiger partial charge in [0.1, 0.15) is 0 Å². The summed E-state index contributed by atoms with van der Waals surface area (Å²) < 4.78 is 7.05. The summed E-state index contributed by atoms with van der Waals surface area (Å²) in [7, 11) is 0. The highest BCUT2D eigenvalue weighted by Crippen LogP contribution is 2.07. The number of ether oxygens (including phenoxy) is 1. The zero-order chi connectivity index (χ0) is 12.8. The van der Waals surface area contributed by atoms with E-state index in [-0.39, 0.29) is 0 Å². The van der Waals surface area contributed by atoms with Crippen molar-refractivity contribution < 1.29 is 4.74 Å². The molecule has 0 amide bonds. The second-order valence-corrected chi connectivity index (χ2v) is 3.62. The minimum absolute atomic E-state index is 0.543. The molecule has 2 aromatic heterocycles. The number of nitrogens with two attached hydrogens (primary N) is 1. The highest BCUT2D eigenvalue weighted by molar-refractivity contribution is 5.30. The molecule has 7 nitrogen and oxygen atoms in total. The molecule has 0 radical (unpaired) electrons. The molecule has 0 saturated heterocycles. The van der Waals surface area contributed by atoms with Gasteiger partial charge in [-0.05, 0) is 6.92 Å². The first-order valence-corrected chi connectivity index (χ1v) is 5.75. The molecular formula is C11H16N6O. The number of nitrogens with zero attached hydrogens (tertiary/aromatic N) is 4. The maximum absolute atomic E-state index is 5.57. The van der Waals surface area contributed by atoms with Crippen LogP contribution in [0.3, 0.4) is 0 Å². The number of nitrogens with one attached hydrogen (secondary N) is 1. The Morgan fingerprint density at radius 1 is 1.50 bits per heavy atom. The summed E-state index contributed by atoms with van der Waals surface area (Å²) >= 11 is 0. The summed E-state index contributed by atoms with van der Waals surface area (Å²) in [4.78, 5) is 8.30. The van der Waals surface area contributed by atoms with E-state index in [1.54, 1.807) is 29.3 Å². The third kappa shape index (κ3) is 3.34.